The lowest BCUT2D eigenvalue weighted by atomic mass is 10.1. The van der Waals surface area contributed by atoms with Gasteiger partial charge in [-0.15, -0.1) is 0 Å². The Balaban J connectivity index is 2.03. The molecule has 1 fully saturated rings. The zero-order valence-corrected chi connectivity index (χ0v) is 12.4. The Kier molecular flexibility index (Phi) is 3.79. The van der Waals surface area contributed by atoms with E-state index in [0.29, 0.717) is 10.8 Å². The number of rotatable bonds is 2. The minimum absolute atomic E-state index is 0.642. The summed E-state index contributed by atoms with van der Waals surface area (Å²) in [6.07, 6.45) is 1.16. The lowest BCUT2D eigenvalue weighted by Crippen LogP contribution is -2.38. The highest BCUT2D eigenvalue weighted by Crippen LogP contribution is 2.28. The summed E-state index contributed by atoms with van der Waals surface area (Å²) in [5, 5.41) is 11.1. The first-order chi connectivity index (χ1) is 9.81. The largest absolute Gasteiger partial charge is 0.354 e. The Bertz CT molecular complexity index is 662. The van der Waals surface area contributed by atoms with E-state index in [9.17, 15) is 5.26 Å². The molecule has 1 saturated heterocycles. The molecule has 1 atom stereocenters. The van der Waals surface area contributed by atoms with Gasteiger partial charge in [0.15, 0.2) is 0 Å². The molecule has 0 radical (unpaired) electrons. The van der Waals surface area contributed by atoms with Crippen molar-refractivity contribution in [2.45, 2.75) is 18.6 Å². The molecular weight excluding hydrogens is 266 g/mol. The number of fused-ring (bicyclic) bond motifs is 1. The van der Waals surface area contributed by atoms with Crippen LogP contribution in [0.4, 0.5) is 5.82 Å². The van der Waals surface area contributed by atoms with E-state index in [1.54, 1.807) is 0 Å². The first-order valence-corrected chi connectivity index (χ1v) is 8.03. The Morgan fingerprint density at radius 2 is 2.30 bits per heavy atom. The lowest BCUT2D eigenvalue weighted by Gasteiger charge is -2.33. The van der Waals surface area contributed by atoms with E-state index in [0.717, 1.165) is 42.0 Å². The molecule has 2 aromatic rings. The van der Waals surface area contributed by atoms with Gasteiger partial charge in [-0.2, -0.15) is 17.0 Å². The normalized spacial score (nSPS) is 19.0. The van der Waals surface area contributed by atoms with Gasteiger partial charge in [0, 0.05) is 29.5 Å². The molecule has 3 rings (SSSR count). The van der Waals surface area contributed by atoms with Gasteiger partial charge >= 0.3 is 0 Å². The maximum atomic E-state index is 9.41. The number of pyridine rings is 1. The molecule has 1 aromatic heterocycles. The van der Waals surface area contributed by atoms with Crippen LogP contribution in [0.5, 0.6) is 0 Å². The van der Waals surface area contributed by atoms with E-state index < -0.39 is 0 Å². The molecule has 0 N–H and O–H groups in total. The van der Waals surface area contributed by atoms with Gasteiger partial charge in [0.2, 0.25) is 0 Å². The molecule has 102 valence electrons. The van der Waals surface area contributed by atoms with Gasteiger partial charge in [0.25, 0.3) is 0 Å². The second-order valence-corrected chi connectivity index (χ2v) is 6.42. The van der Waals surface area contributed by atoms with Gasteiger partial charge in [-0.1, -0.05) is 25.1 Å². The average molecular weight is 283 g/mol. The number of hydrogen-bond acceptors (Lipinski definition) is 4. The van der Waals surface area contributed by atoms with E-state index in [2.05, 4.69) is 17.9 Å². The summed E-state index contributed by atoms with van der Waals surface area (Å²) in [7, 11) is 0. The Labute approximate surface area is 123 Å². The van der Waals surface area contributed by atoms with Gasteiger partial charge in [0.05, 0.1) is 11.1 Å². The van der Waals surface area contributed by atoms with Crippen molar-refractivity contribution in [3.05, 3.63) is 35.9 Å². The van der Waals surface area contributed by atoms with Crippen LogP contribution in [0, 0.1) is 11.3 Å². The summed E-state index contributed by atoms with van der Waals surface area (Å²) in [6, 6.07) is 12.3. The van der Waals surface area contributed by atoms with E-state index in [1.807, 2.05) is 42.1 Å². The van der Waals surface area contributed by atoms with Crippen LogP contribution in [-0.4, -0.2) is 29.1 Å². The number of benzene rings is 1. The highest BCUT2D eigenvalue weighted by molar-refractivity contribution is 8.00. The van der Waals surface area contributed by atoms with Crippen LogP contribution < -0.4 is 4.90 Å². The van der Waals surface area contributed by atoms with Crippen LogP contribution in [0.2, 0.25) is 0 Å². The number of para-hydroxylation sites is 1. The molecule has 2 heterocycles. The van der Waals surface area contributed by atoms with Crippen LogP contribution in [0.1, 0.15) is 18.9 Å². The van der Waals surface area contributed by atoms with Gasteiger partial charge < -0.3 is 4.90 Å². The van der Waals surface area contributed by atoms with Gasteiger partial charge in [-0.05, 0) is 18.6 Å². The molecule has 1 unspecified atom stereocenters. The topological polar surface area (TPSA) is 39.9 Å². The van der Waals surface area contributed by atoms with Gasteiger partial charge in [-0.25, -0.2) is 4.98 Å². The minimum atomic E-state index is 0.642. The number of hydrogen-bond donors (Lipinski definition) is 0. The maximum Gasteiger partial charge on any atom is 0.147 e. The molecule has 0 saturated carbocycles. The molecule has 20 heavy (non-hydrogen) atoms. The second kappa shape index (κ2) is 5.72. The SMILES string of the molecule is CCC1CN(c2nc3ccccc3cc2C#N)CCS1. The lowest BCUT2D eigenvalue weighted by molar-refractivity contribution is 0.720. The number of nitriles is 1. The molecule has 1 aliphatic rings. The first kappa shape index (κ1) is 13.3. The zero-order chi connectivity index (χ0) is 13.9. The number of aromatic nitrogens is 1. The summed E-state index contributed by atoms with van der Waals surface area (Å²) in [4.78, 5) is 7.01. The predicted octanol–water partition coefficient (Wildman–Crippen LogP) is 3.44. The van der Waals surface area contributed by atoms with E-state index in [-0.39, 0.29) is 0 Å². The third-order valence-corrected chi connectivity index (χ3v) is 5.09. The van der Waals surface area contributed by atoms with E-state index in [4.69, 9.17) is 4.98 Å². The molecule has 0 amide bonds. The van der Waals surface area contributed by atoms with Crippen molar-refractivity contribution >= 4 is 28.5 Å². The van der Waals surface area contributed by atoms with E-state index in [1.165, 1.54) is 0 Å². The van der Waals surface area contributed by atoms with Crippen molar-refractivity contribution in [3.63, 3.8) is 0 Å². The first-order valence-electron chi connectivity index (χ1n) is 6.98. The molecule has 0 aliphatic carbocycles. The third kappa shape index (κ3) is 2.46. The van der Waals surface area contributed by atoms with Crippen LogP contribution in [-0.2, 0) is 0 Å². The quantitative estimate of drug-likeness (QED) is 0.846. The highest BCUT2D eigenvalue weighted by Gasteiger charge is 2.22. The Hall–Kier alpha value is -1.73. The molecule has 4 heteroatoms. The van der Waals surface area contributed by atoms with Gasteiger partial charge in [-0.3, -0.25) is 0 Å². The standard InChI is InChI=1S/C16H17N3S/c1-2-14-11-19(7-8-20-14)16-13(10-17)9-12-5-3-4-6-15(12)18-16/h3-6,9,14H,2,7-8,11H2,1H3. The smallest absolute Gasteiger partial charge is 0.147 e. The van der Waals surface area contributed by atoms with Crippen LogP contribution in [0.15, 0.2) is 30.3 Å². The predicted molar refractivity (Wildman–Crippen MR) is 85.2 cm³/mol. The Morgan fingerprint density at radius 1 is 1.45 bits per heavy atom. The third-order valence-electron chi connectivity index (χ3n) is 3.72. The fourth-order valence-electron chi connectivity index (χ4n) is 2.59. The second-order valence-electron chi connectivity index (χ2n) is 5.01. The van der Waals surface area contributed by atoms with Crippen molar-refractivity contribution in [2.75, 3.05) is 23.7 Å². The fraction of sp³-hybridized carbons (Fsp3) is 0.375. The summed E-state index contributed by atoms with van der Waals surface area (Å²) >= 11 is 2.03. The molecule has 0 spiro atoms. The molecule has 0 bridgehead atoms. The Morgan fingerprint density at radius 3 is 3.10 bits per heavy atom. The number of anilines is 1. The summed E-state index contributed by atoms with van der Waals surface area (Å²) in [6.45, 7) is 4.18. The number of thioether (sulfide) groups is 1. The molecule has 3 nitrogen and oxygen atoms in total. The summed E-state index contributed by atoms with van der Waals surface area (Å²) < 4.78 is 0. The van der Waals surface area contributed by atoms with Crippen molar-refractivity contribution < 1.29 is 0 Å². The van der Waals surface area contributed by atoms with E-state index >= 15 is 0 Å². The minimum Gasteiger partial charge on any atom is -0.354 e. The number of nitrogens with zero attached hydrogens (tertiary/aromatic N) is 3. The molecule has 1 aliphatic heterocycles. The monoisotopic (exact) mass is 283 g/mol. The summed E-state index contributed by atoms with van der Waals surface area (Å²) in [5.41, 5.74) is 1.65. The maximum absolute atomic E-state index is 9.41. The van der Waals surface area contributed by atoms with Crippen LogP contribution >= 0.6 is 11.8 Å². The molecule has 1 aromatic carbocycles. The van der Waals surface area contributed by atoms with Crippen molar-refractivity contribution in [2.24, 2.45) is 0 Å². The average Bonchev–Trinajstić information content (AvgIpc) is 2.53. The fourth-order valence-corrected chi connectivity index (χ4v) is 3.77. The van der Waals surface area contributed by atoms with Crippen molar-refractivity contribution in [1.82, 2.24) is 4.98 Å². The van der Waals surface area contributed by atoms with Crippen LogP contribution in [0.25, 0.3) is 10.9 Å². The molecular formula is C16H17N3S. The highest BCUT2D eigenvalue weighted by atomic mass is 32.2. The summed E-state index contributed by atoms with van der Waals surface area (Å²) in [5.74, 6) is 1.96. The van der Waals surface area contributed by atoms with Crippen LogP contribution in [0.3, 0.4) is 0 Å². The van der Waals surface area contributed by atoms with Crippen molar-refractivity contribution in [3.8, 4) is 6.07 Å². The zero-order valence-electron chi connectivity index (χ0n) is 11.5. The van der Waals surface area contributed by atoms with Gasteiger partial charge in [0.1, 0.15) is 11.9 Å². The van der Waals surface area contributed by atoms with Crippen molar-refractivity contribution in [1.29, 1.82) is 5.26 Å².